The lowest BCUT2D eigenvalue weighted by Gasteiger charge is -2.27. The molecular weight excluding hydrogens is 276 g/mol. The van der Waals surface area contributed by atoms with E-state index in [2.05, 4.69) is 41.0 Å². The third-order valence-corrected chi connectivity index (χ3v) is 4.72. The summed E-state index contributed by atoms with van der Waals surface area (Å²) in [5.74, 6) is 0. The second-order valence-corrected chi connectivity index (χ2v) is 6.59. The average molecular weight is 293 g/mol. The van der Waals surface area contributed by atoms with Crippen molar-refractivity contribution in [2.75, 3.05) is 13.1 Å². The van der Waals surface area contributed by atoms with E-state index in [0.717, 1.165) is 30.4 Å². The molecular formula is C15H17ClN2S. The Bertz CT molecular complexity index is 553. The van der Waals surface area contributed by atoms with Gasteiger partial charge in [-0.25, -0.2) is 0 Å². The quantitative estimate of drug-likeness (QED) is 0.903. The molecule has 1 aliphatic rings. The summed E-state index contributed by atoms with van der Waals surface area (Å²) in [5, 5.41) is 7.10. The fourth-order valence-corrected chi connectivity index (χ4v) is 3.62. The van der Waals surface area contributed by atoms with Gasteiger partial charge in [0.1, 0.15) is 0 Å². The van der Waals surface area contributed by atoms with Gasteiger partial charge in [0.15, 0.2) is 0 Å². The number of hydrogen-bond acceptors (Lipinski definition) is 3. The highest BCUT2D eigenvalue weighted by Crippen LogP contribution is 2.23. The van der Waals surface area contributed by atoms with Crippen LogP contribution in [0.15, 0.2) is 36.4 Å². The van der Waals surface area contributed by atoms with Gasteiger partial charge in [0, 0.05) is 24.0 Å². The fourth-order valence-electron chi connectivity index (χ4n) is 2.56. The molecule has 0 saturated carbocycles. The van der Waals surface area contributed by atoms with E-state index in [0.29, 0.717) is 6.04 Å². The van der Waals surface area contributed by atoms with Crippen molar-refractivity contribution in [3.63, 3.8) is 0 Å². The number of halogens is 1. The van der Waals surface area contributed by atoms with Crippen molar-refractivity contribution in [3.8, 4) is 0 Å². The highest BCUT2D eigenvalue weighted by molar-refractivity contribution is 7.16. The van der Waals surface area contributed by atoms with Crippen molar-refractivity contribution in [3.05, 3.63) is 56.7 Å². The fraction of sp³-hybridized carbons (Fsp3) is 0.333. The summed E-state index contributed by atoms with van der Waals surface area (Å²) in [4.78, 5) is 1.29. The molecule has 1 aromatic heterocycles. The van der Waals surface area contributed by atoms with Crippen molar-refractivity contribution in [1.82, 2.24) is 10.6 Å². The van der Waals surface area contributed by atoms with Crippen molar-refractivity contribution in [2.24, 2.45) is 0 Å². The summed E-state index contributed by atoms with van der Waals surface area (Å²) in [7, 11) is 0. The molecule has 1 atom stereocenters. The van der Waals surface area contributed by atoms with Crippen LogP contribution in [0.2, 0.25) is 4.34 Å². The van der Waals surface area contributed by atoms with E-state index < -0.39 is 0 Å². The molecule has 0 saturated heterocycles. The Labute approximate surface area is 122 Å². The first-order valence-electron chi connectivity index (χ1n) is 6.59. The van der Waals surface area contributed by atoms with E-state index in [4.69, 9.17) is 11.6 Å². The maximum atomic E-state index is 5.93. The van der Waals surface area contributed by atoms with Gasteiger partial charge >= 0.3 is 0 Å². The average Bonchev–Trinajstić information content (AvgIpc) is 2.85. The van der Waals surface area contributed by atoms with Gasteiger partial charge in [0.2, 0.25) is 0 Å². The molecule has 3 rings (SSSR count). The monoisotopic (exact) mass is 292 g/mol. The minimum atomic E-state index is 0.417. The molecule has 1 aliphatic heterocycles. The zero-order valence-electron chi connectivity index (χ0n) is 10.7. The number of rotatable bonds is 4. The van der Waals surface area contributed by atoms with Gasteiger partial charge in [0.05, 0.1) is 4.34 Å². The van der Waals surface area contributed by atoms with Crippen LogP contribution < -0.4 is 10.6 Å². The van der Waals surface area contributed by atoms with Crippen LogP contribution in [0.4, 0.5) is 0 Å². The molecule has 4 heteroatoms. The van der Waals surface area contributed by atoms with E-state index in [1.54, 1.807) is 11.3 Å². The molecule has 2 aromatic rings. The number of hydrogen-bond donors (Lipinski definition) is 2. The van der Waals surface area contributed by atoms with Crippen molar-refractivity contribution in [2.45, 2.75) is 19.0 Å². The maximum absolute atomic E-state index is 5.93. The molecule has 0 fully saturated rings. The van der Waals surface area contributed by atoms with E-state index in [1.807, 2.05) is 6.07 Å². The second-order valence-electron chi connectivity index (χ2n) is 4.79. The Morgan fingerprint density at radius 3 is 3.00 bits per heavy atom. The largest absolute Gasteiger partial charge is 0.310 e. The zero-order valence-corrected chi connectivity index (χ0v) is 12.2. The Hall–Kier alpha value is -0.870. The summed E-state index contributed by atoms with van der Waals surface area (Å²) < 4.78 is 0.859. The molecule has 0 bridgehead atoms. The van der Waals surface area contributed by atoms with Crippen molar-refractivity contribution in [1.29, 1.82) is 0 Å². The first-order chi connectivity index (χ1) is 9.33. The highest BCUT2D eigenvalue weighted by atomic mass is 35.5. The molecule has 2 N–H and O–H groups in total. The van der Waals surface area contributed by atoms with Crippen LogP contribution in [-0.2, 0) is 13.0 Å². The minimum Gasteiger partial charge on any atom is -0.310 e. The summed E-state index contributed by atoms with van der Waals surface area (Å²) >= 11 is 7.58. The molecule has 0 spiro atoms. The molecule has 1 aromatic carbocycles. The lowest BCUT2D eigenvalue weighted by atomic mass is 9.94. The molecule has 100 valence electrons. The molecule has 0 amide bonds. The van der Waals surface area contributed by atoms with E-state index in [9.17, 15) is 0 Å². The van der Waals surface area contributed by atoms with Gasteiger partial charge < -0.3 is 10.6 Å². The van der Waals surface area contributed by atoms with Crippen LogP contribution in [-0.4, -0.2) is 13.1 Å². The Morgan fingerprint density at radius 1 is 1.26 bits per heavy atom. The predicted molar refractivity (Wildman–Crippen MR) is 81.9 cm³/mol. The molecule has 1 unspecified atom stereocenters. The van der Waals surface area contributed by atoms with Crippen molar-refractivity contribution < 1.29 is 0 Å². The molecule has 2 nitrogen and oxygen atoms in total. The number of nitrogens with one attached hydrogen (secondary N) is 2. The van der Waals surface area contributed by atoms with Crippen LogP contribution in [0.1, 0.15) is 22.0 Å². The van der Waals surface area contributed by atoms with Crippen LogP contribution in [0.3, 0.4) is 0 Å². The third kappa shape index (κ3) is 3.18. The number of thiophene rings is 1. The lowest BCUT2D eigenvalue weighted by Crippen LogP contribution is -2.36. The summed E-state index contributed by atoms with van der Waals surface area (Å²) in [6.45, 7) is 2.90. The molecule has 2 heterocycles. The predicted octanol–water partition coefficient (Wildman–Crippen LogP) is 3.38. The summed E-state index contributed by atoms with van der Waals surface area (Å²) in [5.41, 5.74) is 2.91. The normalized spacial score (nSPS) is 18.3. The van der Waals surface area contributed by atoms with Crippen LogP contribution in [0.25, 0.3) is 0 Å². The highest BCUT2D eigenvalue weighted by Gasteiger charge is 2.18. The van der Waals surface area contributed by atoms with E-state index in [-0.39, 0.29) is 0 Å². The standard InChI is InChI=1S/C15H17ClN2S/c16-15-6-5-12(19-15)9-17-10-14-13-4-2-1-3-11(13)7-8-18-14/h1-6,14,17-18H,7-10H2. The Kier molecular flexibility index (Phi) is 4.18. The number of fused-ring (bicyclic) bond motifs is 1. The van der Waals surface area contributed by atoms with Gasteiger partial charge in [-0.2, -0.15) is 0 Å². The Morgan fingerprint density at radius 2 is 2.16 bits per heavy atom. The van der Waals surface area contributed by atoms with Crippen molar-refractivity contribution >= 4 is 22.9 Å². The van der Waals surface area contributed by atoms with Gasteiger partial charge in [-0.3, -0.25) is 0 Å². The lowest BCUT2D eigenvalue weighted by molar-refractivity contribution is 0.469. The van der Waals surface area contributed by atoms with E-state index >= 15 is 0 Å². The first-order valence-corrected chi connectivity index (χ1v) is 7.78. The SMILES string of the molecule is Clc1ccc(CNCC2NCCc3ccccc32)s1. The summed E-state index contributed by atoms with van der Waals surface area (Å²) in [6.07, 6.45) is 1.13. The van der Waals surface area contributed by atoms with Gasteiger partial charge in [0.25, 0.3) is 0 Å². The minimum absolute atomic E-state index is 0.417. The van der Waals surface area contributed by atoms with E-state index in [1.165, 1.54) is 16.0 Å². The van der Waals surface area contributed by atoms with Crippen LogP contribution >= 0.6 is 22.9 Å². The smallest absolute Gasteiger partial charge is 0.0931 e. The van der Waals surface area contributed by atoms with Gasteiger partial charge in [-0.1, -0.05) is 35.9 Å². The molecule has 0 aliphatic carbocycles. The zero-order chi connectivity index (χ0) is 13.1. The molecule has 19 heavy (non-hydrogen) atoms. The third-order valence-electron chi connectivity index (χ3n) is 3.49. The topological polar surface area (TPSA) is 24.1 Å². The second kappa shape index (κ2) is 6.06. The van der Waals surface area contributed by atoms with Crippen LogP contribution in [0, 0.1) is 0 Å². The maximum Gasteiger partial charge on any atom is 0.0931 e. The molecule has 0 radical (unpaired) electrons. The van der Waals surface area contributed by atoms with Crippen LogP contribution in [0.5, 0.6) is 0 Å². The Balaban J connectivity index is 1.59. The summed E-state index contributed by atoms with van der Waals surface area (Å²) in [6, 6.07) is 13.2. The number of benzene rings is 1. The van der Waals surface area contributed by atoms with Gasteiger partial charge in [-0.05, 0) is 36.2 Å². The van der Waals surface area contributed by atoms with Gasteiger partial charge in [-0.15, -0.1) is 11.3 Å². The first kappa shape index (κ1) is 13.1.